The lowest BCUT2D eigenvalue weighted by molar-refractivity contribution is -0.116. The van der Waals surface area contributed by atoms with Crippen molar-refractivity contribution in [1.29, 1.82) is 0 Å². The summed E-state index contributed by atoms with van der Waals surface area (Å²) in [7, 11) is -3.88. The number of carbonyl (C=O) groups is 1. The summed E-state index contributed by atoms with van der Waals surface area (Å²) < 4.78 is 41.2. The smallest absolute Gasteiger partial charge is 0.238 e. The van der Waals surface area contributed by atoms with Gasteiger partial charge in [0.2, 0.25) is 27.6 Å². The van der Waals surface area contributed by atoms with E-state index in [0.29, 0.717) is 22.6 Å². The van der Waals surface area contributed by atoms with Gasteiger partial charge in [0.05, 0.1) is 4.90 Å². The zero-order valence-electron chi connectivity index (χ0n) is 14.8. The summed E-state index contributed by atoms with van der Waals surface area (Å²) in [6.45, 7) is 1.61. The van der Waals surface area contributed by atoms with Crippen LogP contribution < -0.4 is 10.5 Å². The number of amides is 1. The lowest BCUT2D eigenvalue weighted by Crippen LogP contribution is -2.16. The van der Waals surface area contributed by atoms with Crippen LogP contribution in [0.2, 0.25) is 0 Å². The van der Waals surface area contributed by atoms with Gasteiger partial charge in [0.25, 0.3) is 0 Å². The quantitative estimate of drug-likeness (QED) is 0.649. The van der Waals surface area contributed by atoms with E-state index in [0.717, 1.165) is 0 Å². The van der Waals surface area contributed by atoms with E-state index in [4.69, 9.17) is 9.66 Å². The Hall–Kier alpha value is -3.11. The van der Waals surface area contributed by atoms with Crippen LogP contribution in [-0.4, -0.2) is 24.5 Å². The lowest BCUT2D eigenvalue weighted by Gasteiger charge is -2.08. The molecule has 0 saturated carbocycles. The third kappa shape index (κ3) is 4.78. The molecule has 3 N–H and O–H groups in total. The van der Waals surface area contributed by atoms with E-state index in [9.17, 15) is 17.6 Å². The highest BCUT2D eigenvalue weighted by Crippen LogP contribution is 2.20. The minimum Gasteiger partial charge on any atom is -0.339 e. The molecule has 10 heteroatoms. The van der Waals surface area contributed by atoms with Crippen LogP contribution in [0, 0.1) is 12.7 Å². The SMILES string of the molecule is Cc1ccc(NC(=O)CCc2nc(-c3ccc(F)cc3)no2)cc1S(N)(=O)=O. The predicted octanol–water partition coefficient (Wildman–Crippen LogP) is 2.40. The first-order valence-electron chi connectivity index (χ1n) is 8.24. The van der Waals surface area contributed by atoms with Gasteiger partial charge in [-0.15, -0.1) is 0 Å². The van der Waals surface area contributed by atoms with Crippen LogP contribution in [-0.2, 0) is 21.2 Å². The lowest BCUT2D eigenvalue weighted by atomic mass is 10.2. The highest BCUT2D eigenvalue weighted by atomic mass is 32.2. The number of primary sulfonamides is 1. The standard InChI is InChI=1S/C18H17FN4O4S/c1-11-2-7-14(10-15(11)28(20,25)26)21-16(24)8-9-17-22-18(23-27-17)12-3-5-13(19)6-4-12/h2-7,10H,8-9H2,1H3,(H,21,24)(H2,20,25,26). The molecular weight excluding hydrogens is 387 g/mol. The summed E-state index contributed by atoms with van der Waals surface area (Å²) in [6.07, 6.45) is 0.234. The number of sulfonamides is 1. The second-order valence-corrected chi connectivity index (χ2v) is 7.62. The van der Waals surface area contributed by atoms with Gasteiger partial charge in [0.1, 0.15) is 5.82 Å². The van der Waals surface area contributed by atoms with Crippen molar-refractivity contribution in [1.82, 2.24) is 10.1 Å². The number of aromatic nitrogens is 2. The Labute approximate surface area is 160 Å². The molecular formula is C18H17FN4O4S. The first-order valence-corrected chi connectivity index (χ1v) is 9.79. The summed E-state index contributed by atoms with van der Waals surface area (Å²) in [5, 5.41) is 11.6. The van der Waals surface area contributed by atoms with Crippen LogP contribution in [0.15, 0.2) is 51.9 Å². The normalized spacial score (nSPS) is 11.4. The van der Waals surface area contributed by atoms with Gasteiger partial charge >= 0.3 is 0 Å². The summed E-state index contributed by atoms with van der Waals surface area (Å²) in [5.41, 5.74) is 1.40. The Kier molecular flexibility index (Phi) is 5.52. The molecule has 0 atom stereocenters. The zero-order valence-corrected chi connectivity index (χ0v) is 15.7. The van der Waals surface area contributed by atoms with Gasteiger partial charge in [-0.05, 0) is 48.9 Å². The molecule has 146 valence electrons. The maximum absolute atomic E-state index is 13.0. The molecule has 1 heterocycles. The topological polar surface area (TPSA) is 128 Å². The molecule has 0 fully saturated rings. The van der Waals surface area contributed by atoms with Crippen molar-refractivity contribution in [2.24, 2.45) is 5.14 Å². The number of nitrogens with two attached hydrogens (primary N) is 1. The maximum atomic E-state index is 13.0. The number of halogens is 1. The molecule has 0 aliphatic rings. The van der Waals surface area contributed by atoms with E-state index in [1.165, 1.54) is 30.3 Å². The molecule has 0 radical (unpaired) electrons. The summed E-state index contributed by atoms with van der Waals surface area (Å²) in [6, 6.07) is 10.1. The number of hydrogen-bond donors (Lipinski definition) is 2. The number of hydrogen-bond acceptors (Lipinski definition) is 6. The average Bonchev–Trinajstić information content (AvgIpc) is 3.10. The number of carbonyl (C=O) groups excluding carboxylic acids is 1. The van der Waals surface area contributed by atoms with E-state index >= 15 is 0 Å². The minimum absolute atomic E-state index is 0.0453. The van der Waals surface area contributed by atoms with Gasteiger partial charge in [-0.2, -0.15) is 4.98 Å². The molecule has 0 unspecified atom stereocenters. The largest absolute Gasteiger partial charge is 0.339 e. The van der Waals surface area contributed by atoms with E-state index < -0.39 is 10.0 Å². The molecule has 3 aromatic rings. The molecule has 8 nitrogen and oxygen atoms in total. The number of anilines is 1. The van der Waals surface area contributed by atoms with Crippen molar-refractivity contribution in [2.75, 3.05) is 5.32 Å². The van der Waals surface area contributed by atoms with Crippen LogP contribution in [0.3, 0.4) is 0 Å². The van der Waals surface area contributed by atoms with Gasteiger partial charge in [0.15, 0.2) is 0 Å². The van der Waals surface area contributed by atoms with Gasteiger partial charge in [-0.1, -0.05) is 11.2 Å². The van der Waals surface area contributed by atoms with Gasteiger partial charge in [0, 0.05) is 24.1 Å². The van der Waals surface area contributed by atoms with E-state index in [2.05, 4.69) is 15.5 Å². The van der Waals surface area contributed by atoms with Gasteiger partial charge in [-0.25, -0.2) is 17.9 Å². The highest BCUT2D eigenvalue weighted by molar-refractivity contribution is 7.89. The monoisotopic (exact) mass is 404 g/mol. The highest BCUT2D eigenvalue weighted by Gasteiger charge is 2.14. The van der Waals surface area contributed by atoms with Crippen molar-refractivity contribution in [3.05, 3.63) is 59.7 Å². The summed E-state index contributed by atoms with van der Waals surface area (Å²) in [4.78, 5) is 16.2. The molecule has 28 heavy (non-hydrogen) atoms. The zero-order chi connectivity index (χ0) is 20.3. The Bertz CT molecular complexity index is 1110. The number of aryl methyl sites for hydroxylation is 2. The summed E-state index contributed by atoms with van der Waals surface area (Å²) >= 11 is 0. The van der Waals surface area contributed by atoms with Gasteiger partial charge < -0.3 is 9.84 Å². The fourth-order valence-corrected chi connectivity index (χ4v) is 3.31. The number of nitrogens with zero attached hydrogens (tertiary/aromatic N) is 2. The molecule has 2 aromatic carbocycles. The molecule has 0 bridgehead atoms. The fourth-order valence-electron chi connectivity index (χ4n) is 2.50. The van der Waals surface area contributed by atoms with Crippen molar-refractivity contribution < 1.29 is 22.1 Å². The fraction of sp³-hybridized carbons (Fsp3) is 0.167. The number of benzene rings is 2. The van der Waals surface area contributed by atoms with Crippen LogP contribution in [0.4, 0.5) is 10.1 Å². The predicted molar refractivity (Wildman–Crippen MR) is 99.2 cm³/mol. The van der Waals surface area contributed by atoms with Crippen LogP contribution in [0.25, 0.3) is 11.4 Å². The average molecular weight is 404 g/mol. The van der Waals surface area contributed by atoms with Crippen molar-refractivity contribution in [3.8, 4) is 11.4 Å². The number of nitrogens with one attached hydrogen (secondary N) is 1. The second-order valence-electron chi connectivity index (χ2n) is 6.09. The maximum Gasteiger partial charge on any atom is 0.238 e. The molecule has 1 aromatic heterocycles. The van der Waals surface area contributed by atoms with Crippen LogP contribution in [0.1, 0.15) is 17.9 Å². The van der Waals surface area contributed by atoms with Crippen LogP contribution in [0.5, 0.6) is 0 Å². The molecule has 0 aliphatic heterocycles. The first kappa shape index (κ1) is 19.6. The van der Waals surface area contributed by atoms with Crippen molar-refractivity contribution in [3.63, 3.8) is 0 Å². The van der Waals surface area contributed by atoms with Crippen molar-refractivity contribution >= 4 is 21.6 Å². The third-order valence-electron chi connectivity index (χ3n) is 3.91. The Morgan fingerprint density at radius 1 is 1.21 bits per heavy atom. The van der Waals surface area contributed by atoms with Gasteiger partial charge in [-0.3, -0.25) is 4.79 Å². The molecule has 1 amide bonds. The first-order chi connectivity index (χ1) is 13.2. The van der Waals surface area contributed by atoms with E-state index in [-0.39, 0.29) is 35.4 Å². The Balaban J connectivity index is 1.62. The second kappa shape index (κ2) is 7.87. The summed E-state index contributed by atoms with van der Waals surface area (Å²) in [5.74, 6) is -0.174. The third-order valence-corrected chi connectivity index (χ3v) is 4.97. The molecule has 0 spiro atoms. The van der Waals surface area contributed by atoms with Crippen molar-refractivity contribution in [2.45, 2.75) is 24.7 Å². The molecule has 3 rings (SSSR count). The van der Waals surface area contributed by atoms with E-state index in [1.54, 1.807) is 19.1 Å². The van der Waals surface area contributed by atoms with E-state index in [1.807, 2.05) is 0 Å². The minimum atomic E-state index is -3.88. The Morgan fingerprint density at radius 3 is 2.61 bits per heavy atom. The number of rotatable bonds is 6. The molecule has 0 saturated heterocycles. The molecule has 0 aliphatic carbocycles. The van der Waals surface area contributed by atoms with Crippen LogP contribution >= 0.6 is 0 Å². The Morgan fingerprint density at radius 2 is 1.93 bits per heavy atom.